The second kappa shape index (κ2) is 6.55. The van der Waals surface area contributed by atoms with Crippen molar-refractivity contribution in [1.29, 1.82) is 0 Å². The lowest BCUT2D eigenvalue weighted by molar-refractivity contribution is 0.0955. The van der Waals surface area contributed by atoms with Gasteiger partial charge >= 0.3 is 0 Å². The van der Waals surface area contributed by atoms with Gasteiger partial charge in [-0.15, -0.1) is 11.3 Å². The van der Waals surface area contributed by atoms with Crippen LogP contribution in [-0.4, -0.2) is 5.91 Å². The zero-order chi connectivity index (χ0) is 13.8. The minimum absolute atomic E-state index is 0.118. The highest BCUT2D eigenvalue weighted by Gasteiger charge is 2.13. The van der Waals surface area contributed by atoms with Gasteiger partial charge in [-0.2, -0.15) is 0 Å². The number of carbonyl (C=O) groups is 1. The normalized spacial score (nSPS) is 10.5. The number of thiophene rings is 1. The molecule has 0 spiro atoms. The standard InChI is InChI=1S/C14H13BrClNOS/c1-9-8-19-13(12(9)16)14(18)17-7-11-4-2-10(6-15)3-5-11/h2-5,8H,6-7H2,1H3,(H,17,18). The fraction of sp³-hybridized carbons (Fsp3) is 0.214. The Hall–Kier alpha value is -0.840. The second-order valence-corrected chi connectivity index (χ2v) is 6.01. The average molecular weight is 359 g/mol. The first-order valence-corrected chi connectivity index (χ1v) is 8.15. The van der Waals surface area contributed by atoms with Gasteiger partial charge in [0.05, 0.1) is 5.02 Å². The van der Waals surface area contributed by atoms with E-state index in [1.54, 1.807) is 0 Å². The Balaban J connectivity index is 1.98. The predicted octanol–water partition coefficient (Wildman–Crippen LogP) is 4.53. The van der Waals surface area contributed by atoms with Crippen LogP contribution in [-0.2, 0) is 11.9 Å². The third kappa shape index (κ3) is 3.59. The summed E-state index contributed by atoms with van der Waals surface area (Å²) in [6, 6.07) is 8.10. The molecule has 0 aliphatic carbocycles. The fourth-order valence-electron chi connectivity index (χ4n) is 1.59. The van der Waals surface area contributed by atoms with Gasteiger partial charge in [0.1, 0.15) is 4.88 Å². The number of amides is 1. The quantitative estimate of drug-likeness (QED) is 0.799. The minimum Gasteiger partial charge on any atom is -0.347 e. The molecule has 0 unspecified atom stereocenters. The van der Waals surface area contributed by atoms with Gasteiger partial charge in [0.2, 0.25) is 0 Å². The maximum Gasteiger partial charge on any atom is 0.263 e. The summed E-state index contributed by atoms with van der Waals surface area (Å²) in [5, 5.41) is 6.16. The van der Waals surface area contributed by atoms with E-state index in [1.807, 2.05) is 36.6 Å². The van der Waals surface area contributed by atoms with E-state index in [9.17, 15) is 4.79 Å². The average Bonchev–Trinajstić information content (AvgIpc) is 2.77. The molecule has 1 heterocycles. The maximum atomic E-state index is 12.0. The summed E-state index contributed by atoms with van der Waals surface area (Å²) in [6.45, 7) is 2.41. The van der Waals surface area contributed by atoms with E-state index in [1.165, 1.54) is 16.9 Å². The van der Waals surface area contributed by atoms with Crippen molar-refractivity contribution in [2.45, 2.75) is 18.8 Å². The third-order valence-electron chi connectivity index (χ3n) is 2.74. The van der Waals surface area contributed by atoms with Crippen LogP contribution in [0.1, 0.15) is 26.4 Å². The van der Waals surface area contributed by atoms with E-state index in [2.05, 4.69) is 21.2 Å². The number of halogens is 2. The van der Waals surface area contributed by atoms with Gasteiger partial charge in [0.15, 0.2) is 0 Å². The summed E-state index contributed by atoms with van der Waals surface area (Å²) in [5.41, 5.74) is 3.23. The van der Waals surface area contributed by atoms with Crippen molar-refractivity contribution in [1.82, 2.24) is 5.32 Å². The summed E-state index contributed by atoms with van der Waals surface area (Å²) in [5.74, 6) is -0.118. The minimum atomic E-state index is -0.118. The summed E-state index contributed by atoms with van der Waals surface area (Å²) in [4.78, 5) is 12.6. The number of aryl methyl sites for hydroxylation is 1. The Bertz CT molecular complexity index is 580. The smallest absolute Gasteiger partial charge is 0.263 e. The molecule has 19 heavy (non-hydrogen) atoms. The molecule has 1 N–H and O–H groups in total. The van der Waals surface area contributed by atoms with Crippen molar-refractivity contribution in [3.63, 3.8) is 0 Å². The molecule has 2 nitrogen and oxygen atoms in total. The summed E-state index contributed by atoms with van der Waals surface area (Å²) >= 11 is 10.8. The number of carbonyl (C=O) groups excluding carboxylic acids is 1. The zero-order valence-electron chi connectivity index (χ0n) is 10.4. The van der Waals surface area contributed by atoms with Gasteiger partial charge in [-0.1, -0.05) is 51.8 Å². The largest absolute Gasteiger partial charge is 0.347 e. The lowest BCUT2D eigenvalue weighted by Gasteiger charge is -2.05. The Morgan fingerprint density at radius 3 is 2.47 bits per heavy atom. The van der Waals surface area contributed by atoms with Crippen LogP contribution in [0.25, 0.3) is 0 Å². The van der Waals surface area contributed by atoms with Crippen molar-refractivity contribution in [2.24, 2.45) is 0 Å². The van der Waals surface area contributed by atoms with Crippen LogP contribution in [0.5, 0.6) is 0 Å². The molecular formula is C14H13BrClNOS. The van der Waals surface area contributed by atoms with Gasteiger partial charge < -0.3 is 5.32 Å². The number of rotatable bonds is 4. The number of benzene rings is 1. The van der Waals surface area contributed by atoms with E-state index in [4.69, 9.17) is 11.6 Å². The molecular weight excluding hydrogens is 346 g/mol. The molecule has 0 bridgehead atoms. The molecule has 0 radical (unpaired) electrons. The molecule has 1 amide bonds. The van der Waals surface area contributed by atoms with E-state index >= 15 is 0 Å². The van der Waals surface area contributed by atoms with Gasteiger partial charge in [0.25, 0.3) is 5.91 Å². The number of alkyl halides is 1. The van der Waals surface area contributed by atoms with Crippen LogP contribution < -0.4 is 5.32 Å². The van der Waals surface area contributed by atoms with Gasteiger partial charge in [-0.25, -0.2) is 0 Å². The molecule has 0 aliphatic rings. The summed E-state index contributed by atoms with van der Waals surface area (Å²) in [6.07, 6.45) is 0. The van der Waals surface area contributed by atoms with E-state index < -0.39 is 0 Å². The highest BCUT2D eigenvalue weighted by molar-refractivity contribution is 9.08. The topological polar surface area (TPSA) is 29.1 Å². The molecule has 1 aromatic heterocycles. The van der Waals surface area contributed by atoms with Crippen molar-refractivity contribution in [3.8, 4) is 0 Å². The highest BCUT2D eigenvalue weighted by Crippen LogP contribution is 2.26. The van der Waals surface area contributed by atoms with Crippen LogP contribution in [0.2, 0.25) is 5.02 Å². The lowest BCUT2D eigenvalue weighted by atomic mass is 10.1. The molecule has 2 aromatic rings. The zero-order valence-corrected chi connectivity index (χ0v) is 13.5. The van der Waals surface area contributed by atoms with E-state index in [-0.39, 0.29) is 5.91 Å². The maximum absolute atomic E-state index is 12.0. The van der Waals surface area contributed by atoms with E-state index in [0.29, 0.717) is 16.4 Å². The van der Waals surface area contributed by atoms with Crippen molar-refractivity contribution in [2.75, 3.05) is 0 Å². The molecule has 0 fully saturated rings. The van der Waals surface area contributed by atoms with Gasteiger partial charge in [-0.05, 0) is 29.0 Å². The fourth-order valence-corrected chi connectivity index (χ4v) is 3.16. The number of hydrogen-bond acceptors (Lipinski definition) is 2. The molecule has 1 aromatic carbocycles. The molecule has 100 valence electrons. The molecule has 0 atom stereocenters. The Morgan fingerprint density at radius 2 is 1.95 bits per heavy atom. The molecule has 0 saturated heterocycles. The Labute approximate surface area is 129 Å². The Morgan fingerprint density at radius 1 is 1.32 bits per heavy atom. The third-order valence-corrected chi connectivity index (χ3v) is 5.08. The second-order valence-electron chi connectivity index (χ2n) is 4.19. The lowest BCUT2D eigenvalue weighted by Crippen LogP contribution is -2.22. The molecule has 0 saturated carbocycles. The molecule has 0 aliphatic heterocycles. The molecule has 5 heteroatoms. The van der Waals surface area contributed by atoms with E-state index in [0.717, 1.165) is 16.5 Å². The van der Waals surface area contributed by atoms with Gasteiger partial charge in [-0.3, -0.25) is 4.79 Å². The van der Waals surface area contributed by atoms with Gasteiger partial charge in [0, 0.05) is 11.9 Å². The first kappa shape index (κ1) is 14.6. The molecule has 2 rings (SSSR count). The number of hydrogen-bond donors (Lipinski definition) is 1. The van der Waals surface area contributed by atoms with Crippen molar-refractivity contribution < 1.29 is 4.79 Å². The van der Waals surface area contributed by atoms with Crippen LogP contribution in [0.3, 0.4) is 0 Å². The monoisotopic (exact) mass is 357 g/mol. The SMILES string of the molecule is Cc1csc(C(=O)NCc2ccc(CBr)cc2)c1Cl. The van der Waals surface area contributed by atoms with Crippen LogP contribution in [0, 0.1) is 6.92 Å². The number of nitrogens with one attached hydrogen (secondary N) is 1. The van der Waals surface area contributed by atoms with Crippen molar-refractivity contribution in [3.05, 3.63) is 56.2 Å². The summed E-state index contributed by atoms with van der Waals surface area (Å²) < 4.78 is 0. The first-order valence-electron chi connectivity index (χ1n) is 5.77. The van der Waals surface area contributed by atoms with Crippen LogP contribution >= 0.6 is 38.9 Å². The highest BCUT2D eigenvalue weighted by atomic mass is 79.9. The first-order chi connectivity index (χ1) is 9.11. The summed E-state index contributed by atoms with van der Waals surface area (Å²) in [7, 11) is 0. The van der Waals surface area contributed by atoms with Crippen molar-refractivity contribution >= 4 is 44.8 Å². The Kier molecular flexibility index (Phi) is 5.02. The van der Waals surface area contributed by atoms with Crippen LogP contribution in [0.4, 0.5) is 0 Å². The predicted molar refractivity (Wildman–Crippen MR) is 84.3 cm³/mol. The van der Waals surface area contributed by atoms with Crippen LogP contribution in [0.15, 0.2) is 29.6 Å².